The van der Waals surface area contributed by atoms with Gasteiger partial charge in [-0.15, -0.1) is 0 Å². The van der Waals surface area contributed by atoms with Gasteiger partial charge in [-0.2, -0.15) is 0 Å². The number of amides is 2. The van der Waals surface area contributed by atoms with E-state index in [-0.39, 0.29) is 11.9 Å². The van der Waals surface area contributed by atoms with Crippen molar-refractivity contribution in [3.63, 3.8) is 0 Å². The highest BCUT2D eigenvalue weighted by atomic mass is 16.4. The van der Waals surface area contributed by atoms with Gasteiger partial charge in [-0.05, 0) is 37.5 Å². The highest BCUT2D eigenvalue weighted by Crippen LogP contribution is 2.42. The molecule has 1 aliphatic carbocycles. The molecule has 0 spiro atoms. The molecular weight excluding hydrogens is 256 g/mol. The fourth-order valence-corrected chi connectivity index (χ4v) is 4.26. The third kappa shape index (κ3) is 2.38. The lowest BCUT2D eigenvalue weighted by atomic mass is 9.94. The monoisotopic (exact) mass is 280 g/mol. The predicted octanol–water partition coefficient (Wildman–Crippen LogP) is 2.17. The number of hydrogen-bond donors (Lipinski definition) is 1. The molecule has 3 fully saturated rings. The topological polar surface area (TPSA) is 60.9 Å². The van der Waals surface area contributed by atoms with Gasteiger partial charge < -0.3 is 14.9 Å². The summed E-state index contributed by atoms with van der Waals surface area (Å²) in [4.78, 5) is 27.8. The van der Waals surface area contributed by atoms with Crippen molar-refractivity contribution in [3.8, 4) is 0 Å². The van der Waals surface area contributed by atoms with Gasteiger partial charge in [-0.1, -0.05) is 19.3 Å². The van der Waals surface area contributed by atoms with Gasteiger partial charge in [0.1, 0.15) is 6.04 Å². The lowest BCUT2D eigenvalue weighted by Gasteiger charge is -2.30. The summed E-state index contributed by atoms with van der Waals surface area (Å²) in [7, 11) is 0. The van der Waals surface area contributed by atoms with Crippen molar-refractivity contribution in [3.05, 3.63) is 0 Å². The van der Waals surface area contributed by atoms with Gasteiger partial charge in [0.15, 0.2) is 0 Å². The molecule has 112 valence electrons. The number of urea groups is 1. The Morgan fingerprint density at radius 3 is 2.30 bits per heavy atom. The first kappa shape index (κ1) is 13.7. The first-order chi connectivity index (χ1) is 9.68. The molecule has 3 aliphatic rings. The standard InChI is InChI=1S/C15H24N2O3/c18-14(19)13-12-7-5-6-11(12)10-17(13)15(20)16-8-3-1-2-4-9-16/h11-13H,1-10H2,(H,18,19). The lowest BCUT2D eigenvalue weighted by Crippen LogP contribution is -2.49. The molecule has 0 aromatic rings. The van der Waals surface area contributed by atoms with Crippen LogP contribution < -0.4 is 0 Å². The van der Waals surface area contributed by atoms with Crippen molar-refractivity contribution in [2.75, 3.05) is 19.6 Å². The van der Waals surface area contributed by atoms with Crippen molar-refractivity contribution in [1.82, 2.24) is 9.80 Å². The Kier molecular flexibility index (Phi) is 3.85. The molecule has 2 saturated heterocycles. The average molecular weight is 280 g/mol. The molecule has 3 rings (SSSR count). The van der Waals surface area contributed by atoms with Crippen molar-refractivity contribution in [2.24, 2.45) is 11.8 Å². The Morgan fingerprint density at radius 1 is 0.950 bits per heavy atom. The summed E-state index contributed by atoms with van der Waals surface area (Å²) >= 11 is 0. The summed E-state index contributed by atoms with van der Waals surface area (Å²) in [5.41, 5.74) is 0. The van der Waals surface area contributed by atoms with Gasteiger partial charge >= 0.3 is 12.0 Å². The van der Waals surface area contributed by atoms with E-state index in [1.165, 1.54) is 12.8 Å². The van der Waals surface area contributed by atoms with Crippen LogP contribution in [0.3, 0.4) is 0 Å². The van der Waals surface area contributed by atoms with E-state index < -0.39 is 12.0 Å². The van der Waals surface area contributed by atoms with Crippen molar-refractivity contribution < 1.29 is 14.7 Å². The van der Waals surface area contributed by atoms with E-state index in [0.717, 1.165) is 45.2 Å². The maximum atomic E-state index is 12.7. The van der Waals surface area contributed by atoms with E-state index in [9.17, 15) is 14.7 Å². The number of rotatable bonds is 1. The minimum absolute atomic E-state index is 0.0336. The molecule has 2 amide bonds. The Balaban J connectivity index is 1.74. The van der Waals surface area contributed by atoms with Gasteiger partial charge in [0, 0.05) is 19.6 Å². The second kappa shape index (κ2) is 5.62. The molecule has 2 heterocycles. The Labute approximate surface area is 119 Å². The van der Waals surface area contributed by atoms with Crippen LogP contribution in [-0.4, -0.2) is 52.6 Å². The van der Waals surface area contributed by atoms with Gasteiger partial charge in [0.25, 0.3) is 0 Å². The van der Waals surface area contributed by atoms with E-state index in [1.54, 1.807) is 4.90 Å². The summed E-state index contributed by atoms with van der Waals surface area (Å²) in [5, 5.41) is 9.52. The van der Waals surface area contributed by atoms with Crippen LogP contribution in [-0.2, 0) is 4.79 Å². The molecule has 5 nitrogen and oxygen atoms in total. The van der Waals surface area contributed by atoms with E-state index in [2.05, 4.69) is 0 Å². The normalized spacial score (nSPS) is 33.9. The van der Waals surface area contributed by atoms with E-state index in [0.29, 0.717) is 12.5 Å². The quantitative estimate of drug-likeness (QED) is 0.800. The Hall–Kier alpha value is -1.26. The van der Waals surface area contributed by atoms with Crippen molar-refractivity contribution >= 4 is 12.0 Å². The van der Waals surface area contributed by atoms with Crippen LogP contribution in [0.15, 0.2) is 0 Å². The zero-order valence-electron chi connectivity index (χ0n) is 12.0. The largest absolute Gasteiger partial charge is 0.480 e. The van der Waals surface area contributed by atoms with Crippen LogP contribution in [0.1, 0.15) is 44.9 Å². The predicted molar refractivity (Wildman–Crippen MR) is 74.4 cm³/mol. The second-order valence-electron chi connectivity index (χ2n) is 6.47. The summed E-state index contributed by atoms with van der Waals surface area (Å²) < 4.78 is 0. The zero-order chi connectivity index (χ0) is 14.1. The number of carbonyl (C=O) groups is 2. The van der Waals surface area contributed by atoms with Crippen LogP contribution in [0.4, 0.5) is 4.79 Å². The second-order valence-corrected chi connectivity index (χ2v) is 6.47. The average Bonchev–Trinajstić information content (AvgIpc) is 2.88. The number of fused-ring (bicyclic) bond motifs is 1. The number of aliphatic carboxylic acids is 1. The van der Waals surface area contributed by atoms with Crippen molar-refractivity contribution in [2.45, 2.75) is 51.0 Å². The van der Waals surface area contributed by atoms with Gasteiger partial charge in [-0.25, -0.2) is 9.59 Å². The summed E-state index contributed by atoms with van der Waals surface area (Å²) in [5.74, 6) is -0.224. The molecule has 5 heteroatoms. The molecule has 1 N–H and O–H groups in total. The SMILES string of the molecule is O=C(O)C1C2CCCC2CN1C(=O)N1CCCCCC1. The number of hydrogen-bond acceptors (Lipinski definition) is 2. The number of carboxylic acids is 1. The minimum Gasteiger partial charge on any atom is -0.480 e. The van der Waals surface area contributed by atoms with Gasteiger partial charge in [0.2, 0.25) is 0 Å². The fraction of sp³-hybridized carbons (Fsp3) is 0.867. The van der Waals surface area contributed by atoms with E-state index in [1.807, 2.05) is 4.90 Å². The fourth-order valence-electron chi connectivity index (χ4n) is 4.26. The van der Waals surface area contributed by atoms with E-state index in [4.69, 9.17) is 0 Å². The van der Waals surface area contributed by atoms with Crippen LogP contribution in [0.25, 0.3) is 0 Å². The molecule has 2 aliphatic heterocycles. The molecule has 0 bridgehead atoms. The zero-order valence-corrected chi connectivity index (χ0v) is 12.0. The molecule has 1 saturated carbocycles. The summed E-state index contributed by atoms with van der Waals surface area (Å²) in [6, 6.07) is -0.619. The molecule has 0 radical (unpaired) electrons. The first-order valence-corrected chi connectivity index (χ1v) is 7.97. The van der Waals surface area contributed by atoms with Gasteiger partial charge in [-0.3, -0.25) is 0 Å². The van der Waals surface area contributed by atoms with Crippen LogP contribution in [0.2, 0.25) is 0 Å². The van der Waals surface area contributed by atoms with Crippen LogP contribution >= 0.6 is 0 Å². The van der Waals surface area contributed by atoms with Crippen molar-refractivity contribution in [1.29, 1.82) is 0 Å². The highest BCUT2D eigenvalue weighted by Gasteiger charge is 2.50. The molecule has 20 heavy (non-hydrogen) atoms. The molecule has 0 aromatic carbocycles. The number of nitrogens with zero attached hydrogens (tertiary/aromatic N) is 2. The number of likely N-dealkylation sites (tertiary alicyclic amines) is 2. The smallest absolute Gasteiger partial charge is 0.326 e. The van der Waals surface area contributed by atoms with Gasteiger partial charge in [0.05, 0.1) is 0 Å². The van der Waals surface area contributed by atoms with Crippen LogP contribution in [0.5, 0.6) is 0 Å². The number of carbonyl (C=O) groups excluding carboxylic acids is 1. The third-order valence-corrected chi connectivity index (χ3v) is 5.27. The lowest BCUT2D eigenvalue weighted by molar-refractivity contribution is -0.142. The summed E-state index contributed by atoms with van der Waals surface area (Å²) in [6.07, 6.45) is 7.61. The Morgan fingerprint density at radius 2 is 1.65 bits per heavy atom. The highest BCUT2D eigenvalue weighted by molar-refractivity contribution is 5.84. The number of carboxylic acid groups (broad SMARTS) is 1. The maximum Gasteiger partial charge on any atom is 0.326 e. The molecule has 0 aromatic heterocycles. The summed E-state index contributed by atoms with van der Waals surface area (Å²) in [6.45, 7) is 2.23. The Bertz CT molecular complexity index is 391. The minimum atomic E-state index is -0.817. The van der Waals surface area contributed by atoms with Crippen LogP contribution in [0, 0.1) is 11.8 Å². The molecule has 3 unspecified atom stereocenters. The molecular formula is C15H24N2O3. The molecule has 3 atom stereocenters. The first-order valence-electron chi connectivity index (χ1n) is 7.97. The van der Waals surface area contributed by atoms with E-state index >= 15 is 0 Å². The third-order valence-electron chi connectivity index (χ3n) is 5.27. The maximum absolute atomic E-state index is 12.7.